The summed E-state index contributed by atoms with van der Waals surface area (Å²) >= 11 is 1.47. The van der Waals surface area contributed by atoms with Crippen LogP contribution in [0.15, 0.2) is 46.7 Å². The summed E-state index contributed by atoms with van der Waals surface area (Å²) in [7, 11) is 1.64. The van der Waals surface area contributed by atoms with Crippen molar-refractivity contribution in [1.82, 2.24) is 19.9 Å². The van der Waals surface area contributed by atoms with E-state index < -0.39 is 0 Å². The van der Waals surface area contributed by atoms with Gasteiger partial charge in [0.25, 0.3) is 0 Å². The van der Waals surface area contributed by atoms with Crippen LogP contribution in [0.25, 0.3) is 0 Å². The van der Waals surface area contributed by atoms with Gasteiger partial charge in [0.2, 0.25) is 0 Å². The lowest BCUT2D eigenvalue weighted by Gasteiger charge is -2.42. The first kappa shape index (κ1) is 26.7. The molecule has 0 radical (unpaired) electrons. The van der Waals surface area contributed by atoms with Crippen LogP contribution in [-0.4, -0.2) is 72.7 Å². The number of nitrogens with zero attached hydrogens (tertiary/aromatic N) is 6. The lowest BCUT2D eigenvalue weighted by Crippen LogP contribution is -2.44. The Hall–Kier alpha value is -3.19. The van der Waals surface area contributed by atoms with Gasteiger partial charge in [0, 0.05) is 56.8 Å². The summed E-state index contributed by atoms with van der Waals surface area (Å²) in [6, 6.07) is 6.39. The molecule has 2 fully saturated rings. The maximum atomic E-state index is 6.73. The summed E-state index contributed by atoms with van der Waals surface area (Å²) in [5, 5.41) is 0.660. The molecule has 1 aliphatic carbocycles. The highest BCUT2D eigenvalue weighted by atomic mass is 32.2. The van der Waals surface area contributed by atoms with Crippen molar-refractivity contribution >= 4 is 29.2 Å². The quantitative estimate of drug-likeness (QED) is 0.316. The van der Waals surface area contributed by atoms with Gasteiger partial charge in [-0.15, -0.1) is 0 Å². The molecule has 41 heavy (non-hydrogen) atoms. The monoisotopic (exact) mass is 576 g/mol. The van der Waals surface area contributed by atoms with Crippen molar-refractivity contribution in [1.29, 1.82) is 0 Å². The average molecular weight is 577 g/mol. The average Bonchev–Trinajstić information content (AvgIpc) is 3.53. The fraction of sp³-hybridized carbons (Fsp3) is 0.517. The predicted octanol–water partition coefficient (Wildman–Crippen LogP) is 3.05. The van der Waals surface area contributed by atoms with Gasteiger partial charge in [0.1, 0.15) is 24.2 Å². The highest BCUT2D eigenvalue weighted by Crippen LogP contribution is 2.50. The SMILES string of the molecule is COCOCC1CC2COc3c(Sc4ncc(N5CCC6(CC5)Cc5ncccc5C6N)nc4N)ccnc3N2C1. The molecule has 3 unspecified atom stereocenters. The van der Waals surface area contributed by atoms with E-state index in [9.17, 15) is 0 Å². The second-order valence-corrected chi connectivity index (χ2v) is 12.6. The summed E-state index contributed by atoms with van der Waals surface area (Å²) < 4.78 is 16.9. The van der Waals surface area contributed by atoms with E-state index in [0.717, 1.165) is 73.3 Å². The first-order valence-electron chi connectivity index (χ1n) is 14.2. The Labute approximate surface area is 244 Å². The first-order valence-corrected chi connectivity index (χ1v) is 15.1. The molecule has 0 saturated carbocycles. The van der Waals surface area contributed by atoms with E-state index >= 15 is 0 Å². The molecule has 7 rings (SSSR count). The summed E-state index contributed by atoms with van der Waals surface area (Å²) in [6.45, 7) is 4.21. The van der Waals surface area contributed by atoms with E-state index in [1.165, 1.54) is 17.3 Å². The van der Waals surface area contributed by atoms with Crippen molar-refractivity contribution in [3.8, 4) is 5.75 Å². The number of fused-ring (bicyclic) bond motifs is 4. The molecule has 11 nitrogen and oxygen atoms in total. The molecule has 6 heterocycles. The minimum absolute atomic E-state index is 0.0301. The minimum atomic E-state index is 0.0301. The summed E-state index contributed by atoms with van der Waals surface area (Å²) in [5.74, 6) is 3.28. The van der Waals surface area contributed by atoms with E-state index in [-0.39, 0.29) is 11.5 Å². The Kier molecular flexibility index (Phi) is 7.10. The zero-order valence-corrected chi connectivity index (χ0v) is 24.1. The van der Waals surface area contributed by atoms with Gasteiger partial charge in [-0.3, -0.25) is 4.98 Å². The third kappa shape index (κ3) is 4.86. The number of nitrogen functional groups attached to an aromatic ring is 1. The fourth-order valence-corrected chi connectivity index (χ4v) is 7.75. The summed E-state index contributed by atoms with van der Waals surface area (Å²) in [5.41, 5.74) is 15.6. The number of piperidine rings is 1. The maximum absolute atomic E-state index is 6.73. The van der Waals surface area contributed by atoms with Crippen molar-refractivity contribution in [2.24, 2.45) is 17.1 Å². The Morgan fingerprint density at radius 1 is 1.17 bits per heavy atom. The number of ether oxygens (including phenoxy) is 3. The summed E-state index contributed by atoms with van der Waals surface area (Å²) in [4.78, 5) is 24.3. The zero-order chi connectivity index (χ0) is 28.0. The Morgan fingerprint density at radius 2 is 2.05 bits per heavy atom. The van der Waals surface area contributed by atoms with Gasteiger partial charge in [0.15, 0.2) is 17.4 Å². The van der Waals surface area contributed by atoms with Gasteiger partial charge >= 0.3 is 0 Å². The number of hydrogen-bond acceptors (Lipinski definition) is 12. The smallest absolute Gasteiger partial charge is 0.175 e. The molecular formula is C29H36N8O3S. The molecule has 3 aliphatic heterocycles. The van der Waals surface area contributed by atoms with Gasteiger partial charge in [0.05, 0.1) is 23.7 Å². The van der Waals surface area contributed by atoms with E-state index in [0.29, 0.717) is 42.8 Å². The third-order valence-corrected chi connectivity index (χ3v) is 10.1. The van der Waals surface area contributed by atoms with Crippen molar-refractivity contribution in [2.75, 3.05) is 62.3 Å². The Bertz CT molecular complexity index is 1420. The van der Waals surface area contributed by atoms with Gasteiger partial charge in [-0.25, -0.2) is 15.0 Å². The second-order valence-electron chi connectivity index (χ2n) is 11.5. The van der Waals surface area contributed by atoms with Crippen LogP contribution >= 0.6 is 11.8 Å². The van der Waals surface area contributed by atoms with Crippen molar-refractivity contribution in [2.45, 2.75) is 47.7 Å². The molecule has 216 valence electrons. The zero-order valence-electron chi connectivity index (χ0n) is 23.2. The van der Waals surface area contributed by atoms with E-state index in [2.05, 4.69) is 25.8 Å². The number of rotatable bonds is 7. The second kappa shape index (κ2) is 10.9. The van der Waals surface area contributed by atoms with Crippen LogP contribution in [0.4, 0.5) is 17.5 Å². The van der Waals surface area contributed by atoms with Gasteiger partial charge < -0.3 is 35.5 Å². The molecule has 3 atom stereocenters. The van der Waals surface area contributed by atoms with Crippen molar-refractivity contribution < 1.29 is 14.2 Å². The first-order chi connectivity index (χ1) is 20.0. The van der Waals surface area contributed by atoms with Gasteiger partial charge in [-0.05, 0) is 48.8 Å². The molecular weight excluding hydrogens is 540 g/mol. The molecule has 1 spiro atoms. The fourth-order valence-electron chi connectivity index (χ4n) is 6.91. The number of nitrogens with two attached hydrogens (primary N) is 2. The molecule has 0 bridgehead atoms. The number of hydrogen-bond donors (Lipinski definition) is 2. The topological polar surface area (TPSA) is 138 Å². The van der Waals surface area contributed by atoms with Gasteiger partial charge in [-0.1, -0.05) is 17.8 Å². The van der Waals surface area contributed by atoms with E-state index in [1.807, 2.05) is 30.7 Å². The van der Waals surface area contributed by atoms with Crippen LogP contribution in [0, 0.1) is 11.3 Å². The van der Waals surface area contributed by atoms with Crippen LogP contribution in [-0.2, 0) is 15.9 Å². The lowest BCUT2D eigenvalue weighted by molar-refractivity contribution is -0.0414. The lowest BCUT2D eigenvalue weighted by atomic mass is 9.73. The standard InChI is InChI=1S/C29H36N8O3S/c1-38-17-39-15-18-11-19-16-40-24-22(4-8-33-27(24)37(19)14-18)41-28-26(31)35-23(13-34-28)36-9-5-29(6-10-36)12-21-20(25(29)30)3-2-7-32-21/h2-4,7-8,13,18-19,25H,5-6,9-12,14-17,30H2,1H3,(H2,31,35). The number of aromatic nitrogens is 4. The number of pyridine rings is 2. The molecule has 12 heteroatoms. The van der Waals surface area contributed by atoms with Crippen molar-refractivity contribution in [3.05, 3.63) is 48.0 Å². The predicted molar refractivity (Wildman–Crippen MR) is 156 cm³/mol. The molecule has 3 aromatic rings. The molecule has 3 aromatic heterocycles. The molecule has 0 aromatic carbocycles. The molecule has 4 N–H and O–H groups in total. The Morgan fingerprint density at radius 3 is 2.85 bits per heavy atom. The van der Waals surface area contributed by atoms with E-state index in [4.69, 9.17) is 35.6 Å². The van der Waals surface area contributed by atoms with Crippen LogP contribution in [0.2, 0.25) is 0 Å². The van der Waals surface area contributed by atoms with Crippen LogP contribution in [0.1, 0.15) is 36.6 Å². The number of methoxy groups -OCH3 is 1. The number of anilines is 3. The normalized spacial score (nSPS) is 24.2. The third-order valence-electron chi connectivity index (χ3n) is 9.08. The van der Waals surface area contributed by atoms with Crippen LogP contribution < -0.4 is 26.0 Å². The highest BCUT2D eigenvalue weighted by Gasteiger charge is 2.46. The largest absolute Gasteiger partial charge is 0.486 e. The summed E-state index contributed by atoms with van der Waals surface area (Å²) in [6.07, 6.45) is 9.45. The Balaban J connectivity index is 1.02. The molecule has 0 amide bonds. The van der Waals surface area contributed by atoms with Gasteiger partial charge in [-0.2, -0.15) is 0 Å². The molecule has 4 aliphatic rings. The maximum Gasteiger partial charge on any atom is 0.175 e. The van der Waals surface area contributed by atoms with Crippen LogP contribution in [0.5, 0.6) is 5.75 Å². The molecule has 2 saturated heterocycles. The highest BCUT2D eigenvalue weighted by molar-refractivity contribution is 7.99. The minimum Gasteiger partial charge on any atom is -0.486 e. The van der Waals surface area contributed by atoms with Crippen LogP contribution in [0.3, 0.4) is 0 Å². The van der Waals surface area contributed by atoms with Crippen molar-refractivity contribution in [3.63, 3.8) is 0 Å². The van der Waals surface area contributed by atoms with E-state index in [1.54, 1.807) is 7.11 Å².